The van der Waals surface area contributed by atoms with Gasteiger partial charge < -0.3 is 5.11 Å². The average molecular weight is 481 g/mol. The molecule has 178 valence electrons. The molecule has 1 N–H and O–H groups in total. The van der Waals surface area contributed by atoms with E-state index in [1.165, 1.54) is 22.5 Å². The number of aliphatic hydroxyl groups is 1. The third kappa shape index (κ3) is 4.18. The molecule has 0 spiro atoms. The lowest BCUT2D eigenvalue weighted by atomic mass is 9.74. The van der Waals surface area contributed by atoms with E-state index >= 15 is 0 Å². The standard InChI is InChI=1S/C27H29FN2O3S/c28-23-10-4-5-11-26(23)34(32,33)29-16-6-7-17-30-24(18-29)27(25(30)19-31)22-14-12-21(13-15-22)20-8-2-1-3-9-20/h1-5,8-15,24-25,27,31H,6-7,16-19H2/t24-,25-,27+/m0/s1. The van der Waals surface area contributed by atoms with E-state index in [1.807, 2.05) is 18.2 Å². The molecule has 0 bridgehead atoms. The number of hydrogen-bond donors (Lipinski definition) is 1. The summed E-state index contributed by atoms with van der Waals surface area (Å²) >= 11 is 0. The Hall–Kier alpha value is -2.58. The van der Waals surface area contributed by atoms with Crippen LogP contribution in [0.25, 0.3) is 11.1 Å². The lowest BCUT2D eigenvalue weighted by Gasteiger charge is -2.57. The topological polar surface area (TPSA) is 60.9 Å². The zero-order valence-corrected chi connectivity index (χ0v) is 19.7. The molecule has 3 atom stereocenters. The Balaban J connectivity index is 1.44. The molecule has 2 saturated heterocycles. The van der Waals surface area contributed by atoms with Crippen molar-refractivity contribution in [2.75, 3.05) is 26.2 Å². The minimum atomic E-state index is -3.96. The van der Waals surface area contributed by atoms with Crippen molar-refractivity contribution in [2.45, 2.75) is 35.7 Å². The van der Waals surface area contributed by atoms with Gasteiger partial charge in [0.25, 0.3) is 0 Å². The Kier molecular flexibility index (Phi) is 6.53. The second-order valence-corrected chi connectivity index (χ2v) is 11.0. The zero-order valence-electron chi connectivity index (χ0n) is 18.9. The number of aliphatic hydroxyl groups excluding tert-OH is 1. The maximum absolute atomic E-state index is 14.4. The number of halogens is 1. The highest BCUT2D eigenvalue weighted by Crippen LogP contribution is 2.43. The minimum absolute atomic E-state index is 0.00578. The van der Waals surface area contributed by atoms with Crippen LogP contribution in [-0.2, 0) is 10.0 Å². The number of rotatable bonds is 5. The Labute approximate surface area is 200 Å². The minimum Gasteiger partial charge on any atom is -0.395 e. The van der Waals surface area contributed by atoms with Crippen molar-refractivity contribution in [1.82, 2.24) is 9.21 Å². The summed E-state index contributed by atoms with van der Waals surface area (Å²) in [6, 6.07) is 23.9. The molecule has 2 aliphatic heterocycles. The highest BCUT2D eigenvalue weighted by Gasteiger charge is 2.50. The zero-order chi connectivity index (χ0) is 23.7. The van der Waals surface area contributed by atoms with Gasteiger partial charge in [-0.3, -0.25) is 4.90 Å². The van der Waals surface area contributed by atoms with Gasteiger partial charge in [0.2, 0.25) is 10.0 Å². The molecule has 7 heteroatoms. The fourth-order valence-electron chi connectivity index (χ4n) is 5.45. The average Bonchev–Trinajstić information content (AvgIpc) is 2.84. The normalized spacial score (nSPS) is 24.0. The van der Waals surface area contributed by atoms with Gasteiger partial charge in [-0.15, -0.1) is 0 Å². The van der Waals surface area contributed by atoms with Crippen molar-refractivity contribution in [1.29, 1.82) is 0 Å². The van der Waals surface area contributed by atoms with Crippen LogP contribution in [-0.4, -0.2) is 61.1 Å². The van der Waals surface area contributed by atoms with Crippen molar-refractivity contribution in [3.05, 3.63) is 90.2 Å². The SMILES string of the molecule is O=S(=O)(c1ccccc1F)N1CCCCN2[C@@H](CO)[C@H](c3ccc(-c4ccccc4)cc3)[C@@H]2C1. The molecule has 5 rings (SSSR count). The molecule has 0 aliphatic carbocycles. The molecule has 0 radical (unpaired) electrons. The summed E-state index contributed by atoms with van der Waals surface area (Å²) in [6.45, 7) is 1.48. The molecule has 0 saturated carbocycles. The van der Waals surface area contributed by atoms with Crippen molar-refractivity contribution >= 4 is 10.0 Å². The van der Waals surface area contributed by atoms with Crippen LogP contribution in [0.1, 0.15) is 24.3 Å². The summed E-state index contributed by atoms with van der Waals surface area (Å²) in [5.74, 6) is -0.720. The Morgan fingerprint density at radius 3 is 2.21 bits per heavy atom. The fraction of sp³-hybridized carbons (Fsp3) is 0.333. The van der Waals surface area contributed by atoms with Gasteiger partial charge in [0, 0.05) is 31.1 Å². The van der Waals surface area contributed by atoms with Gasteiger partial charge in [0.1, 0.15) is 10.7 Å². The van der Waals surface area contributed by atoms with Crippen molar-refractivity contribution < 1.29 is 17.9 Å². The summed E-state index contributed by atoms with van der Waals surface area (Å²) in [5.41, 5.74) is 3.34. The molecule has 2 heterocycles. The Morgan fingerprint density at radius 1 is 0.853 bits per heavy atom. The van der Waals surface area contributed by atoms with Crippen molar-refractivity contribution in [3.63, 3.8) is 0 Å². The molecule has 3 aromatic carbocycles. The first-order valence-electron chi connectivity index (χ1n) is 11.8. The largest absolute Gasteiger partial charge is 0.395 e. The summed E-state index contributed by atoms with van der Waals surface area (Å²) < 4.78 is 42.6. The second-order valence-electron chi connectivity index (χ2n) is 9.07. The monoisotopic (exact) mass is 480 g/mol. The van der Waals surface area contributed by atoms with Gasteiger partial charge in [0.15, 0.2) is 0 Å². The molecule has 2 aliphatic rings. The van der Waals surface area contributed by atoms with Crippen LogP contribution in [0, 0.1) is 5.82 Å². The second kappa shape index (κ2) is 9.58. The van der Waals surface area contributed by atoms with Crippen molar-refractivity contribution in [2.24, 2.45) is 0 Å². The molecule has 3 aromatic rings. The lowest BCUT2D eigenvalue weighted by Crippen LogP contribution is -2.67. The van der Waals surface area contributed by atoms with E-state index in [4.69, 9.17) is 0 Å². The van der Waals surface area contributed by atoms with Crippen molar-refractivity contribution in [3.8, 4) is 11.1 Å². The van der Waals surface area contributed by atoms with E-state index in [-0.39, 0.29) is 36.0 Å². The van der Waals surface area contributed by atoms with Crippen LogP contribution in [0.3, 0.4) is 0 Å². The van der Waals surface area contributed by atoms with E-state index in [0.29, 0.717) is 13.0 Å². The summed E-state index contributed by atoms with van der Waals surface area (Å²) in [4.78, 5) is 1.95. The molecular formula is C27H29FN2O3S. The molecular weight excluding hydrogens is 451 g/mol. The highest BCUT2D eigenvalue weighted by molar-refractivity contribution is 7.89. The number of hydrogen-bond acceptors (Lipinski definition) is 4. The molecule has 5 nitrogen and oxygen atoms in total. The maximum atomic E-state index is 14.4. The van der Waals surface area contributed by atoms with Gasteiger partial charge in [-0.2, -0.15) is 4.31 Å². The van der Waals surface area contributed by atoms with Gasteiger partial charge in [-0.05, 0) is 48.2 Å². The summed E-state index contributed by atoms with van der Waals surface area (Å²) in [5, 5.41) is 10.2. The van der Waals surface area contributed by atoms with E-state index < -0.39 is 15.8 Å². The summed E-state index contributed by atoms with van der Waals surface area (Å²) in [6.07, 6.45) is 1.53. The smallest absolute Gasteiger partial charge is 0.246 e. The van der Waals surface area contributed by atoms with Crippen LogP contribution in [0.5, 0.6) is 0 Å². The fourth-order valence-corrected chi connectivity index (χ4v) is 7.01. The van der Waals surface area contributed by atoms with Crippen LogP contribution in [0.15, 0.2) is 83.8 Å². The Morgan fingerprint density at radius 2 is 1.50 bits per heavy atom. The van der Waals surface area contributed by atoms with Gasteiger partial charge in [0.05, 0.1) is 6.61 Å². The van der Waals surface area contributed by atoms with Gasteiger partial charge in [-0.25, -0.2) is 12.8 Å². The third-order valence-electron chi connectivity index (χ3n) is 7.19. The lowest BCUT2D eigenvalue weighted by molar-refractivity contribution is -0.0554. The number of benzene rings is 3. The number of fused-ring (bicyclic) bond motifs is 1. The maximum Gasteiger partial charge on any atom is 0.246 e. The number of nitrogens with zero attached hydrogens (tertiary/aromatic N) is 2. The van der Waals surface area contributed by atoms with Crippen LogP contribution >= 0.6 is 0 Å². The first kappa shape index (κ1) is 23.2. The molecule has 0 amide bonds. The van der Waals surface area contributed by atoms with Gasteiger partial charge >= 0.3 is 0 Å². The number of sulfonamides is 1. The van der Waals surface area contributed by atoms with Crippen LogP contribution in [0.4, 0.5) is 4.39 Å². The highest BCUT2D eigenvalue weighted by atomic mass is 32.2. The third-order valence-corrected chi connectivity index (χ3v) is 9.09. The summed E-state index contributed by atoms with van der Waals surface area (Å²) in [7, 11) is -3.96. The van der Waals surface area contributed by atoms with E-state index in [9.17, 15) is 17.9 Å². The van der Waals surface area contributed by atoms with E-state index in [2.05, 4.69) is 41.3 Å². The first-order valence-corrected chi connectivity index (χ1v) is 13.2. The van der Waals surface area contributed by atoms with E-state index in [0.717, 1.165) is 29.7 Å². The van der Waals surface area contributed by atoms with Gasteiger partial charge in [-0.1, -0.05) is 66.7 Å². The molecule has 0 unspecified atom stereocenters. The van der Waals surface area contributed by atoms with Crippen LogP contribution < -0.4 is 0 Å². The van der Waals surface area contributed by atoms with Crippen LogP contribution in [0.2, 0.25) is 0 Å². The molecule has 0 aromatic heterocycles. The quantitative estimate of drug-likeness (QED) is 0.597. The Bertz CT molecular complexity index is 1230. The van der Waals surface area contributed by atoms with E-state index in [1.54, 1.807) is 6.07 Å². The predicted molar refractivity (Wildman–Crippen MR) is 130 cm³/mol. The molecule has 2 fully saturated rings. The first-order chi connectivity index (χ1) is 16.5. The predicted octanol–water partition coefficient (Wildman–Crippen LogP) is 4.11. The molecule has 34 heavy (non-hydrogen) atoms.